The Bertz CT molecular complexity index is 151. The fourth-order valence-electron chi connectivity index (χ4n) is 1.92. The summed E-state index contributed by atoms with van der Waals surface area (Å²) in [5.74, 6) is 0.843. The molecule has 1 rings (SSSR count). The van der Waals surface area contributed by atoms with E-state index in [1.165, 1.54) is 25.9 Å². The summed E-state index contributed by atoms with van der Waals surface area (Å²) in [7, 11) is 0. The topological polar surface area (TPSA) is 23.5 Å². The van der Waals surface area contributed by atoms with E-state index in [4.69, 9.17) is 0 Å². The fraction of sp³-hybridized carbons (Fsp3) is 1.00. The average molecular weight is 185 g/mol. The van der Waals surface area contributed by atoms with E-state index in [2.05, 4.69) is 11.8 Å². The van der Waals surface area contributed by atoms with Crippen molar-refractivity contribution >= 4 is 0 Å². The maximum absolute atomic E-state index is 9.59. The molecule has 0 amide bonds. The predicted octanol–water partition coefficient (Wildman–Crippen LogP) is 1.88. The third-order valence-electron chi connectivity index (χ3n) is 2.78. The number of hydrogen-bond acceptors (Lipinski definition) is 2. The Hall–Kier alpha value is -0.0800. The van der Waals surface area contributed by atoms with Gasteiger partial charge in [0.2, 0.25) is 0 Å². The van der Waals surface area contributed by atoms with Crippen molar-refractivity contribution in [3.05, 3.63) is 0 Å². The van der Waals surface area contributed by atoms with Crippen molar-refractivity contribution in [1.82, 2.24) is 4.90 Å². The molecule has 1 aliphatic rings. The van der Waals surface area contributed by atoms with Crippen molar-refractivity contribution in [2.45, 2.75) is 45.6 Å². The van der Waals surface area contributed by atoms with Crippen LogP contribution in [0.15, 0.2) is 0 Å². The zero-order valence-corrected chi connectivity index (χ0v) is 9.21. The van der Waals surface area contributed by atoms with Crippen LogP contribution in [-0.2, 0) is 0 Å². The Morgan fingerprint density at radius 2 is 2.15 bits per heavy atom. The van der Waals surface area contributed by atoms with Crippen molar-refractivity contribution in [1.29, 1.82) is 0 Å². The van der Waals surface area contributed by atoms with Gasteiger partial charge in [-0.05, 0) is 45.6 Å². The Balaban J connectivity index is 2.21. The lowest BCUT2D eigenvalue weighted by molar-refractivity contribution is 0.0513. The molecule has 1 saturated heterocycles. The molecule has 0 aromatic heterocycles. The molecule has 0 bridgehead atoms. The first-order valence-corrected chi connectivity index (χ1v) is 5.42. The molecule has 0 spiro atoms. The minimum atomic E-state index is -0.499. The molecule has 78 valence electrons. The Morgan fingerprint density at radius 3 is 2.69 bits per heavy atom. The first kappa shape index (κ1) is 11.0. The van der Waals surface area contributed by atoms with E-state index in [1.54, 1.807) is 0 Å². The second-order valence-electron chi connectivity index (χ2n) is 5.11. The first-order chi connectivity index (χ1) is 5.97. The third kappa shape index (κ3) is 4.63. The standard InChI is InChI=1S/C11H23NO/c1-10-5-4-7-12(9-10)8-6-11(2,3)13/h10,13H,4-9H2,1-3H3. The highest BCUT2D eigenvalue weighted by Crippen LogP contribution is 2.17. The van der Waals surface area contributed by atoms with Gasteiger partial charge in [0.25, 0.3) is 0 Å². The molecule has 1 heterocycles. The smallest absolute Gasteiger partial charge is 0.0603 e. The van der Waals surface area contributed by atoms with Gasteiger partial charge in [0, 0.05) is 13.1 Å². The molecule has 0 aromatic carbocycles. The quantitative estimate of drug-likeness (QED) is 0.725. The highest BCUT2D eigenvalue weighted by atomic mass is 16.3. The zero-order chi connectivity index (χ0) is 9.90. The van der Waals surface area contributed by atoms with Gasteiger partial charge in [-0.3, -0.25) is 0 Å². The molecule has 1 unspecified atom stereocenters. The van der Waals surface area contributed by atoms with E-state index in [1.807, 2.05) is 13.8 Å². The minimum absolute atomic E-state index is 0.499. The maximum Gasteiger partial charge on any atom is 0.0603 e. The van der Waals surface area contributed by atoms with Crippen molar-refractivity contribution in [3.63, 3.8) is 0 Å². The van der Waals surface area contributed by atoms with E-state index in [0.29, 0.717) is 0 Å². The van der Waals surface area contributed by atoms with Crippen molar-refractivity contribution in [2.75, 3.05) is 19.6 Å². The largest absolute Gasteiger partial charge is 0.390 e. The van der Waals surface area contributed by atoms with Gasteiger partial charge in [-0.1, -0.05) is 6.92 Å². The fourth-order valence-corrected chi connectivity index (χ4v) is 1.92. The average Bonchev–Trinajstić information content (AvgIpc) is 2.00. The number of rotatable bonds is 3. The predicted molar refractivity (Wildman–Crippen MR) is 55.8 cm³/mol. The second-order valence-corrected chi connectivity index (χ2v) is 5.11. The molecule has 2 heteroatoms. The Kier molecular flexibility index (Phi) is 3.74. The summed E-state index contributed by atoms with van der Waals surface area (Å²) in [6.07, 6.45) is 3.59. The summed E-state index contributed by atoms with van der Waals surface area (Å²) in [4.78, 5) is 2.48. The van der Waals surface area contributed by atoms with Crippen LogP contribution in [0, 0.1) is 5.92 Å². The number of nitrogens with zero attached hydrogens (tertiary/aromatic N) is 1. The lowest BCUT2D eigenvalue weighted by Crippen LogP contribution is -2.37. The number of hydrogen-bond donors (Lipinski definition) is 1. The Morgan fingerprint density at radius 1 is 1.46 bits per heavy atom. The molecule has 1 atom stereocenters. The van der Waals surface area contributed by atoms with Gasteiger partial charge in [0.1, 0.15) is 0 Å². The summed E-state index contributed by atoms with van der Waals surface area (Å²) < 4.78 is 0. The molecule has 1 aliphatic heterocycles. The summed E-state index contributed by atoms with van der Waals surface area (Å²) >= 11 is 0. The molecule has 1 N–H and O–H groups in total. The molecular weight excluding hydrogens is 162 g/mol. The molecule has 0 radical (unpaired) electrons. The zero-order valence-electron chi connectivity index (χ0n) is 9.21. The highest BCUT2D eigenvalue weighted by molar-refractivity contribution is 4.73. The van der Waals surface area contributed by atoms with E-state index < -0.39 is 5.60 Å². The number of aliphatic hydroxyl groups is 1. The van der Waals surface area contributed by atoms with Crippen LogP contribution in [0.25, 0.3) is 0 Å². The van der Waals surface area contributed by atoms with Crippen LogP contribution in [-0.4, -0.2) is 35.2 Å². The van der Waals surface area contributed by atoms with Crippen molar-refractivity contribution in [2.24, 2.45) is 5.92 Å². The monoisotopic (exact) mass is 185 g/mol. The molecule has 13 heavy (non-hydrogen) atoms. The minimum Gasteiger partial charge on any atom is -0.390 e. The second kappa shape index (κ2) is 4.43. The SMILES string of the molecule is CC1CCCN(CCC(C)(C)O)C1. The van der Waals surface area contributed by atoms with Crippen LogP contribution >= 0.6 is 0 Å². The highest BCUT2D eigenvalue weighted by Gasteiger charge is 2.19. The van der Waals surface area contributed by atoms with Crippen LogP contribution < -0.4 is 0 Å². The summed E-state index contributed by atoms with van der Waals surface area (Å²) in [5, 5.41) is 9.59. The lowest BCUT2D eigenvalue weighted by Gasteiger charge is -2.32. The van der Waals surface area contributed by atoms with E-state index in [-0.39, 0.29) is 0 Å². The van der Waals surface area contributed by atoms with Crippen LogP contribution in [0.2, 0.25) is 0 Å². The van der Waals surface area contributed by atoms with E-state index in [0.717, 1.165) is 18.9 Å². The third-order valence-corrected chi connectivity index (χ3v) is 2.78. The molecule has 0 aliphatic carbocycles. The van der Waals surface area contributed by atoms with Crippen LogP contribution in [0.1, 0.15) is 40.0 Å². The van der Waals surface area contributed by atoms with Gasteiger partial charge in [0.15, 0.2) is 0 Å². The molecular formula is C11H23NO. The van der Waals surface area contributed by atoms with Crippen molar-refractivity contribution < 1.29 is 5.11 Å². The van der Waals surface area contributed by atoms with Gasteiger partial charge in [-0.25, -0.2) is 0 Å². The van der Waals surface area contributed by atoms with Crippen LogP contribution in [0.3, 0.4) is 0 Å². The van der Waals surface area contributed by atoms with E-state index >= 15 is 0 Å². The normalized spacial score (nSPS) is 26.3. The molecule has 2 nitrogen and oxygen atoms in total. The van der Waals surface area contributed by atoms with Crippen LogP contribution in [0.5, 0.6) is 0 Å². The first-order valence-electron chi connectivity index (χ1n) is 5.42. The summed E-state index contributed by atoms with van der Waals surface area (Å²) in [5.41, 5.74) is -0.499. The van der Waals surface area contributed by atoms with Gasteiger partial charge >= 0.3 is 0 Å². The molecule has 0 saturated carbocycles. The molecule has 0 aromatic rings. The van der Waals surface area contributed by atoms with Gasteiger partial charge in [-0.15, -0.1) is 0 Å². The Labute approximate surface area is 81.9 Å². The van der Waals surface area contributed by atoms with Gasteiger partial charge in [0.05, 0.1) is 5.60 Å². The maximum atomic E-state index is 9.59. The van der Waals surface area contributed by atoms with Crippen LogP contribution in [0.4, 0.5) is 0 Å². The lowest BCUT2D eigenvalue weighted by atomic mass is 9.98. The molecule has 1 fully saturated rings. The van der Waals surface area contributed by atoms with Gasteiger partial charge in [-0.2, -0.15) is 0 Å². The number of piperidine rings is 1. The number of likely N-dealkylation sites (tertiary alicyclic amines) is 1. The summed E-state index contributed by atoms with van der Waals surface area (Å²) in [6.45, 7) is 9.58. The summed E-state index contributed by atoms with van der Waals surface area (Å²) in [6, 6.07) is 0. The van der Waals surface area contributed by atoms with Crippen molar-refractivity contribution in [3.8, 4) is 0 Å². The van der Waals surface area contributed by atoms with E-state index in [9.17, 15) is 5.11 Å². The van der Waals surface area contributed by atoms with Gasteiger partial charge < -0.3 is 10.0 Å².